The average molecular weight is 231 g/mol. The number of hydrogen-bond acceptors (Lipinski definition) is 1. The zero-order chi connectivity index (χ0) is 12.6. The fraction of sp³-hybridized carbons (Fsp3) is 0.625. The zero-order valence-corrected chi connectivity index (χ0v) is 11.9. The summed E-state index contributed by atoms with van der Waals surface area (Å²) in [6.07, 6.45) is 2.44. The summed E-state index contributed by atoms with van der Waals surface area (Å²) in [6, 6.07) is 2.92. The highest BCUT2D eigenvalue weighted by atomic mass is 14.9. The van der Waals surface area contributed by atoms with Gasteiger partial charge < -0.3 is 5.32 Å². The first-order chi connectivity index (χ1) is 8.00. The SMILES string of the molecule is Cc1cc(C)c2c(c1C)C(CC(C)C)NCC2. The Morgan fingerprint density at radius 2 is 1.94 bits per heavy atom. The molecule has 0 fully saturated rings. The van der Waals surface area contributed by atoms with Gasteiger partial charge in [-0.25, -0.2) is 0 Å². The van der Waals surface area contributed by atoms with E-state index in [-0.39, 0.29) is 0 Å². The van der Waals surface area contributed by atoms with Crippen molar-refractivity contribution < 1.29 is 0 Å². The summed E-state index contributed by atoms with van der Waals surface area (Å²) < 4.78 is 0. The molecule has 1 aliphatic heterocycles. The molecule has 1 unspecified atom stereocenters. The van der Waals surface area contributed by atoms with E-state index < -0.39 is 0 Å². The lowest BCUT2D eigenvalue weighted by Gasteiger charge is -2.32. The van der Waals surface area contributed by atoms with Gasteiger partial charge in [-0.2, -0.15) is 0 Å². The van der Waals surface area contributed by atoms with Crippen molar-refractivity contribution in [2.75, 3.05) is 6.54 Å². The smallest absolute Gasteiger partial charge is 0.0328 e. The van der Waals surface area contributed by atoms with Crippen LogP contribution in [-0.4, -0.2) is 6.54 Å². The molecule has 0 radical (unpaired) electrons. The van der Waals surface area contributed by atoms with Gasteiger partial charge in [0.2, 0.25) is 0 Å². The molecule has 0 bridgehead atoms. The molecule has 1 atom stereocenters. The molecule has 0 aliphatic carbocycles. The molecule has 0 saturated heterocycles. The molecule has 0 amide bonds. The molecular formula is C16H25N. The lowest BCUT2D eigenvalue weighted by atomic mass is 9.82. The third kappa shape index (κ3) is 2.40. The Hall–Kier alpha value is -0.820. The van der Waals surface area contributed by atoms with Crippen LogP contribution in [0.5, 0.6) is 0 Å². The lowest BCUT2D eigenvalue weighted by molar-refractivity contribution is 0.412. The second kappa shape index (κ2) is 4.81. The standard InChI is InChI=1S/C16H25N/c1-10(2)8-15-16-13(5)11(3)9-12(4)14(16)6-7-17-15/h9-10,15,17H,6-8H2,1-5H3. The van der Waals surface area contributed by atoms with E-state index in [0.717, 1.165) is 12.5 Å². The summed E-state index contributed by atoms with van der Waals surface area (Å²) in [5.74, 6) is 0.749. The molecule has 1 heterocycles. The average Bonchev–Trinajstić information content (AvgIpc) is 2.25. The number of rotatable bonds is 2. The largest absolute Gasteiger partial charge is 0.310 e. The monoisotopic (exact) mass is 231 g/mol. The number of benzene rings is 1. The maximum Gasteiger partial charge on any atom is 0.0328 e. The Labute approximate surface area is 106 Å². The highest BCUT2D eigenvalue weighted by molar-refractivity contribution is 5.47. The number of nitrogens with one attached hydrogen (secondary N) is 1. The Morgan fingerprint density at radius 1 is 1.24 bits per heavy atom. The van der Waals surface area contributed by atoms with Crippen LogP contribution in [0.2, 0.25) is 0 Å². The van der Waals surface area contributed by atoms with E-state index in [9.17, 15) is 0 Å². The van der Waals surface area contributed by atoms with Gasteiger partial charge in [-0.1, -0.05) is 19.9 Å². The van der Waals surface area contributed by atoms with Crippen molar-refractivity contribution in [3.63, 3.8) is 0 Å². The van der Waals surface area contributed by atoms with Gasteiger partial charge in [0.15, 0.2) is 0 Å². The van der Waals surface area contributed by atoms with Crippen LogP contribution in [0, 0.1) is 26.7 Å². The highest BCUT2D eigenvalue weighted by Gasteiger charge is 2.24. The number of hydrogen-bond donors (Lipinski definition) is 1. The summed E-state index contributed by atoms with van der Waals surface area (Å²) in [5, 5.41) is 3.70. The van der Waals surface area contributed by atoms with Crippen molar-refractivity contribution in [3.8, 4) is 0 Å². The van der Waals surface area contributed by atoms with Crippen LogP contribution >= 0.6 is 0 Å². The second-order valence-electron chi connectivity index (χ2n) is 5.91. The van der Waals surface area contributed by atoms with Crippen LogP contribution in [0.15, 0.2) is 6.07 Å². The molecule has 1 aliphatic rings. The molecule has 1 nitrogen and oxygen atoms in total. The van der Waals surface area contributed by atoms with Gasteiger partial charge in [-0.15, -0.1) is 0 Å². The van der Waals surface area contributed by atoms with Crippen LogP contribution in [0.25, 0.3) is 0 Å². The molecule has 0 saturated carbocycles. The minimum atomic E-state index is 0.567. The Balaban J connectivity index is 2.48. The third-order valence-corrected chi connectivity index (χ3v) is 4.05. The van der Waals surface area contributed by atoms with Gasteiger partial charge >= 0.3 is 0 Å². The van der Waals surface area contributed by atoms with Crippen LogP contribution in [0.1, 0.15) is 54.1 Å². The van der Waals surface area contributed by atoms with E-state index in [1.54, 1.807) is 11.1 Å². The van der Waals surface area contributed by atoms with Crippen molar-refractivity contribution in [1.82, 2.24) is 5.32 Å². The minimum Gasteiger partial charge on any atom is -0.310 e. The van der Waals surface area contributed by atoms with E-state index in [0.29, 0.717) is 6.04 Å². The summed E-state index contributed by atoms with van der Waals surface area (Å²) in [6.45, 7) is 12.6. The maximum absolute atomic E-state index is 3.70. The van der Waals surface area contributed by atoms with E-state index in [2.05, 4.69) is 46.0 Å². The Bertz CT molecular complexity index is 418. The topological polar surface area (TPSA) is 12.0 Å². The van der Waals surface area contributed by atoms with E-state index in [1.165, 1.54) is 29.5 Å². The molecule has 0 aromatic heterocycles. The van der Waals surface area contributed by atoms with Crippen LogP contribution in [0.3, 0.4) is 0 Å². The van der Waals surface area contributed by atoms with Gasteiger partial charge in [0.05, 0.1) is 0 Å². The highest BCUT2D eigenvalue weighted by Crippen LogP contribution is 2.34. The van der Waals surface area contributed by atoms with E-state index in [4.69, 9.17) is 0 Å². The zero-order valence-electron chi connectivity index (χ0n) is 11.9. The molecular weight excluding hydrogens is 206 g/mol. The number of fused-ring (bicyclic) bond motifs is 1. The molecule has 17 heavy (non-hydrogen) atoms. The van der Waals surface area contributed by atoms with E-state index >= 15 is 0 Å². The third-order valence-electron chi connectivity index (χ3n) is 4.05. The van der Waals surface area contributed by atoms with Crippen molar-refractivity contribution >= 4 is 0 Å². The molecule has 1 N–H and O–H groups in total. The van der Waals surface area contributed by atoms with Gasteiger partial charge in [-0.3, -0.25) is 0 Å². The minimum absolute atomic E-state index is 0.567. The van der Waals surface area contributed by atoms with Crippen molar-refractivity contribution in [2.45, 2.75) is 53.5 Å². The molecule has 1 heteroatoms. The van der Waals surface area contributed by atoms with Gasteiger partial charge in [0.1, 0.15) is 0 Å². The molecule has 94 valence electrons. The van der Waals surface area contributed by atoms with Gasteiger partial charge in [0.25, 0.3) is 0 Å². The fourth-order valence-corrected chi connectivity index (χ4v) is 3.12. The van der Waals surface area contributed by atoms with Crippen LogP contribution < -0.4 is 5.32 Å². The first kappa shape index (κ1) is 12.6. The molecule has 0 spiro atoms. The predicted molar refractivity (Wildman–Crippen MR) is 74.6 cm³/mol. The first-order valence-electron chi connectivity index (χ1n) is 6.83. The van der Waals surface area contributed by atoms with Crippen LogP contribution in [0.4, 0.5) is 0 Å². The molecule has 1 aromatic rings. The van der Waals surface area contributed by atoms with Crippen molar-refractivity contribution in [3.05, 3.63) is 33.9 Å². The number of aryl methyl sites for hydroxylation is 2. The van der Waals surface area contributed by atoms with E-state index in [1.807, 2.05) is 0 Å². The summed E-state index contributed by atoms with van der Waals surface area (Å²) >= 11 is 0. The second-order valence-corrected chi connectivity index (χ2v) is 5.91. The lowest BCUT2D eigenvalue weighted by Crippen LogP contribution is -2.32. The Kier molecular flexibility index (Phi) is 3.58. The van der Waals surface area contributed by atoms with Crippen LogP contribution in [-0.2, 0) is 6.42 Å². The van der Waals surface area contributed by atoms with Gasteiger partial charge in [0, 0.05) is 6.04 Å². The molecule has 2 rings (SSSR count). The quantitative estimate of drug-likeness (QED) is 0.815. The predicted octanol–water partition coefficient (Wildman–Crippen LogP) is 3.84. The van der Waals surface area contributed by atoms with Gasteiger partial charge in [-0.05, 0) is 73.9 Å². The first-order valence-corrected chi connectivity index (χ1v) is 6.83. The maximum atomic E-state index is 3.70. The van der Waals surface area contributed by atoms with Crippen molar-refractivity contribution in [1.29, 1.82) is 0 Å². The van der Waals surface area contributed by atoms with Crippen molar-refractivity contribution in [2.24, 2.45) is 5.92 Å². The summed E-state index contributed by atoms with van der Waals surface area (Å²) in [5.41, 5.74) is 7.64. The normalized spacial score (nSPS) is 19.5. The Morgan fingerprint density at radius 3 is 2.59 bits per heavy atom. The fourth-order valence-electron chi connectivity index (χ4n) is 3.12. The molecule has 1 aromatic carbocycles. The summed E-state index contributed by atoms with van der Waals surface area (Å²) in [4.78, 5) is 0. The summed E-state index contributed by atoms with van der Waals surface area (Å²) in [7, 11) is 0.